The van der Waals surface area contributed by atoms with Crippen LogP contribution in [0.4, 0.5) is 0 Å². The van der Waals surface area contributed by atoms with E-state index in [1.165, 1.54) is 135 Å². The lowest BCUT2D eigenvalue weighted by Crippen LogP contribution is -2.30. The van der Waals surface area contributed by atoms with Crippen LogP contribution in [0.3, 0.4) is 0 Å². The van der Waals surface area contributed by atoms with Gasteiger partial charge in [0.15, 0.2) is 6.10 Å². The fourth-order valence-electron chi connectivity index (χ4n) is 6.94. The van der Waals surface area contributed by atoms with Gasteiger partial charge in [0.25, 0.3) is 0 Å². The van der Waals surface area contributed by atoms with Gasteiger partial charge in [-0.3, -0.25) is 14.4 Å². The fourth-order valence-corrected chi connectivity index (χ4v) is 6.94. The Balaban J connectivity index is 4.31. The highest BCUT2D eigenvalue weighted by atomic mass is 16.6. The molecule has 0 spiro atoms. The summed E-state index contributed by atoms with van der Waals surface area (Å²) in [6.07, 6.45) is 52.9. The number of carbonyl (C=O) groups is 3. The van der Waals surface area contributed by atoms with Gasteiger partial charge in [-0.2, -0.15) is 0 Å². The lowest BCUT2D eigenvalue weighted by molar-refractivity contribution is -0.167. The summed E-state index contributed by atoms with van der Waals surface area (Å²) in [5, 5.41) is 0. The predicted octanol–water partition coefficient (Wildman–Crippen LogP) is 15.8. The average Bonchev–Trinajstić information content (AvgIpc) is 3.21. The molecule has 0 aromatic heterocycles. The monoisotopic (exact) mass is 801 g/mol. The Kier molecular flexibility index (Phi) is 44.4. The second-order valence-electron chi connectivity index (χ2n) is 16.3. The Morgan fingerprint density at radius 2 is 0.684 bits per heavy atom. The number of esters is 3. The Bertz CT molecular complexity index is 969. The van der Waals surface area contributed by atoms with Crippen LogP contribution in [0, 0.1) is 0 Å². The van der Waals surface area contributed by atoms with Crippen molar-refractivity contribution in [3.05, 3.63) is 36.5 Å². The van der Waals surface area contributed by atoms with Crippen LogP contribution in [0.5, 0.6) is 0 Å². The number of hydrogen-bond acceptors (Lipinski definition) is 6. The van der Waals surface area contributed by atoms with Crippen molar-refractivity contribution in [1.29, 1.82) is 0 Å². The van der Waals surface area contributed by atoms with E-state index in [-0.39, 0.29) is 31.1 Å². The molecule has 0 heterocycles. The van der Waals surface area contributed by atoms with E-state index in [9.17, 15) is 14.4 Å². The van der Waals surface area contributed by atoms with E-state index < -0.39 is 6.10 Å². The van der Waals surface area contributed by atoms with Crippen molar-refractivity contribution in [2.75, 3.05) is 13.2 Å². The van der Waals surface area contributed by atoms with Crippen molar-refractivity contribution in [2.24, 2.45) is 0 Å². The molecule has 0 saturated carbocycles. The number of hydrogen-bond donors (Lipinski definition) is 0. The van der Waals surface area contributed by atoms with Crippen LogP contribution >= 0.6 is 0 Å². The molecule has 1 atom stereocenters. The van der Waals surface area contributed by atoms with Crippen molar-refractivity contribution in [3.8, 4) is 0 Å². The Labute approximate surface area is 353 Å². The minimum Gasteiger partial charge on any atom is -0.462 e. The van der Waals surface area contributed by atoms with Gasteiger partial charge in [-0.25, -0.2) is 0 Å². The van der Waals surface area contributed by atoms with E-state index in [2.05, 4.69) is 57.2 Å². The second kappa shape index (κ2) is 46.3. The first-order chi connectivity index (χ1) is 28.0. The first-order valence-electron chi connectivity index (χ1n) is 24.5. The summed E-state index contributed by atoms with van der Waals surface area (Å²) in [5.41, 5.74) is 0. The highest BCUT2D eigenvalue weighted by Gasteiger charge is 2.19. The zero-order valence-corrected chi connectivity index (χ0v) is 37.9. The third-order valence-corrected chi connectivity index (χ3v) is 10.6. The SMILES string of the molecule is CC/C=C\C/C=C\CCCCC(=O)OCC(COC(=O)CCCCCCC/C=C\CCCCCCCCCCC)OC(=O)CCCCCCCCCCCCCC. The smallest absolute Gasteiger partial charge is 0.306 e. The second-order valence-corrected chi connectivity index (χ2v) is 16.3. The number of rotatable bonds is 44. The molecule has 0 amide bonds. The summed E-state index contributed by atoms with van der Waals surface area (Å²) >= 11 is 0. The number of carbonyl (C=O) groups excluding carboxylic acids is 3. The molecule has 0 saturated heterocycles. The molecule has 0 aromatic carbocycles. The molecule has 0 N–H and O–H groups in total. The molecule has 6 nitrogen and oxygen atoms in total. The zero-order valence-electron chi connectivity index (χ0n) is 37.9. The molecule has 0 aromatic rings. The summed E-state index contributed by atoms with van der Waals surface area (Å²) < 4.78 is 16.7. The Hall–Kier alpha value is -2.37. The third kappa shape index (κ3) is 44.6. The van der Waals surface area contributed by atoms with Crippen molar-refractivity contribution in [1.82, 2.24) is 0 Å². The van der Waals surface area contributed by atoms with Gasteiger partial charge in [-0.05, 0) is 70.6 Å². The van der Waals surface area contributed by atoms with Crippen molar-refractivity contribution in [3.63, 3.8) is 0 Å². The standard InChI is InChI=1S/C51H92O6/c1-4-7-10-13-16-19-21-23-24-25-26-27-28-30-32-35-38-41-44-50(53)56-47-48(46-55-49(52)43-40-37-34-31-18-15-12-9-6-3)57-51(54)45-42-39-36-33-29-22-20-17-14-11-8-5-2/h9,12,18,26-27,31,48H,4-8,10-11,13-17,19-25,28-30,32-47H2,1-3H3/b12-9-,27-26-,31-18-. The normalized spacial score (nSPS) is 12.3. The van der Waals surface area contributed by atoms with Gasteiger partial charge in [0, 0.05) is 19.3 Å². The molecule has 0 radical (unpaired) electrons. The van der Waals surface area contributed by atoms with Gasteiger partial charge < -0.3 is 14.2 Å². The molecule has 0 fully saturated rings. The highest BCUT2D eigenvalue weighted by molar-refractivity contribution is 5.71. The van der Waals surface area contributed by atoms with Crippen molar-refractivity contribution in [2.45, 2.75) is 258 Å². The minimum absolute atomic E-state index is 0.0844. The molecular weight excluding hydrogens is 709 g/mol. The number of ether oxygens (including phenoxy) is 3. The maximum absolute atomic E-state index is 12.7. The molecule has 0 aliphatic heterocycles. The van der Waals surface area contributed by atoms with E-state index >= 15 is 0 Å². The molecule has 0 aliphatic carbocycles. The average molecular weight is 801 g/mol. The minimum atomic E-state index is -0.782. The van der Waals surface area contributed by atoms with E-state index in [1.54, 1.807) is 0 Å². The summed E-state index contributed by atoms with van der Waals surface area (Å²) in [4.78, 5) is 37.7. The van der Waals surface area contributed by atoms with E-state index in [0.29, 0.717) is 19.3 Å². The summed E-state index contributed by atoms with van der Waals surface area (Å²) in [7, 11) is 0. The van der Waals surface area contributed by atoms with Gasteiger partial charge in [0.05, 0.1) is 0 Å². The molecule has 0 aliphatic rings. The topological polar surface area (TPSA) is 78.9 Å². The zero-order chi connectivity index (χ0) is 41.5. The molecule has 1 unspecified atom stereocenters. The molecule has 0 rings (SSSR count). The lowest BCUT2D eigenvalue weighted by Gasteiger charge is -2.18. The van der Waals surface area contributed by atoms with Gasteiger partial charge >= 0.3 is 17.9 Å². The summed E-state index contributed by atoms with van der Waals surface area (Å²) in [6.45, 7) is 6.48. The lowest BCUT2D eigenvalue weighted by atomic mass is 10.0. The first-order valence-corrected chi connectivity index (χ1v) is 24.5. The molecule has 332 valence electrons. The van der Waals surface area contributed by atoms with Gasteiger partial charge in [-0.1, -0.05) is 198 Å². The van der Waals surface area contributed by atoms with E-state index in [4.69, 9.17) is 14.2 Å². The van der Waals surface area contributed by atoms with Crippen LogP contribution < -0.4 is 0 Å². The number of unbranched alkanes of at least 4 members (excludes halogenated alkanes) is 27. The Morgan fingerprint density at radius 3 is 1.11 bits per heavy atom. The van der Waals surface area contributed by atoms with Crippen LogP contribution in [0.25, 0.3) is 0 Å². The maximum atomic E-state index is 12.7. The molecular formula is C51H92O6. The largest absolute Gasteiger partial charge is 0.462 e. The van der Waals surface area contributed by atoms with Crippen LogP contribution in [0.15, 0.2) is 36.5 Å². The molecule has 6 heteroatoms. The summed E-state index contributed by atoms with van der Waals surface area (Å²) in [5.74, 6) is -0.924. The maximum Gasteiger partial charge on any atom is 0.306 e. The van der Waals surface area contributed by atoms with Crippen molar-refractivity contribution < 1.29 is 28.6 Å². The Morgan fingerprint density at radius 1 is 0.368 bits per heavy atom. The van der Waals surface area contributed by atoms with Gasteiger partial charge in [0.2, 0.25) is 0 Å². The van der Waals surface area contributed by atoms with Crippen LogP contribution in [-0.2, 0) is 28.6 Å². The molecule has 0 bridgehead atoms. The van der Waals surface area contributed by atoms with Crippen LogP contribution in [-0.4, -0.2) is 37.2 Å². The third-order valence-electron chi connectivity index (χ3n) is 10.6. The fraction of sp³-hybridized carbons (Fsp3) is 0.824. The molecule has 57 heavy (non-hydrogen) atoms. The van der Waals surface area contributed by atoms with Crippen LogP contribution in [0.2, 0.25) is 0 Å². The van der Waals surface area contributed by atoms with Crippen LogP contribution in [0.1, 0.15) is 252 Å². The van der Waals surface area contributed by atoms with E-state index in [0.717, 1.165) is 77.0 Å². The first kappa shape index (κ1) is 54.6. The highest BCUT2D eigenvalue weighted by Crippen LogP contribution is 2.15. The van der Waals surface area contributed by atoms with E-state index in [1.807, 2.05) is 0 Å². The van der Waals surface area contributed by atoms with Gasteiger partial charge in [-0.15, -0.1) is 0 Å². The number of allylic oxidation sites excluding steroid dienone is 6. The quantitative estimate of drug-likeness (QED) is 0.0264. The summed E-state index contributed by atoms with van der Waals surface area (Å²) in [6, 6.07) is 0. The predicted molar refractivity (Wildman–Crippen MR) is 242 cm³/mol. The van der Waals surface area contributed by atoms with Crippen molar-refractivity contribution >= 4 is 17.9 Å². The van der Waals surface area contributed by atoms with Gasteiger partial charge in [0.1, 0.15) is 13.2 Å².